The Bertz CT molecular complexity index is 1220. The van der Waals surface area contributed by atoms with Gasteiger partial charge < -0.3 is 15.6 Å². The number of aromatic amines is 2. The molecule has 1 aromatic carbocycles. The zero-order valence-corrected chi connectivity index (χ0v) is 15.7. The van der Waals surface area contributed by atoms with Crippen LogP contribution in [0.4, 0.5) is 19.0 Å². The van der Waals surface area contributed by atoms with Gasteiger partial charge in [0, 0.05) is 11.6 Å². The molecule has 4 aromatic rings. The van der Waals surface area contributed by atoms with Crippen molar-refractivity contribution < 1.29 is 22.9 Å². The van der Waals surface area contributed by atoms with E-state index in [1.54, 1.807) is 30.6 Å². The third kappa shape index (κ3) is 4.00. The number of hydrogen-bond acceptors (Lipinski definition) is 5. The number of amides is 1. The van der Waals surface area contributed by atoms with Crippen molar-refractivity contribution in [1.82, 2.24) is 25.3 Å². The van der Waals surface area contributed by atoms with Crippen molar-refractivity contribution in [2.45, 2.75) is 19.1 Å². The molecule has 0 saturated heterocycles. The molecule has 0 fully saturated rings. The number of alkyl halides is 3. The number of carbonyl (C=O) groups is 1. The van der Waals surface area contributed by atoms with Crippen molar-refractivity contribution in [3.05, 3.63) is 43.0 Å². The molecule has 3 heterocycles. The molecule has 30 heavy (non-hydrogen) atoms. The monoisotopic (exact) mass is 416 g/mol. The lowest BCUT2D eigenvalue weighted by Crippen LogP contribution is -2.42. The van der Waals surface area contributed by atoms with Crippen LogP contribution in [0.15, 0.2) is 43.0 Å². The average Bonchev–Trinajstić information content (AvgIpc) is 3.15. The third-order valence-electron chi connectivity index (χ3n) is 4.45. The van der Waals surface area contributed by atoms with Crippen molar-refractivity contribution in [3.63, 3.8) is 0 Å². The smallest absolute Gasteiger partial charge is 0.358 e. The lowest BCUT2D eigenvalue weighted by Gasteiger charge is -2.17. The average molecular weight is 416 g/mol. The maximum atomic E-state index is 12.4. The first kappa shape index (κ1) is 19.6. The lowest BCUT2D eigenvalue weighted by molar-refractivity contribution is -0.380. The highest BCUT2D eigenvalue weighted by molar-refractivity contribution is 5.96. The van der Waals surface area contributed by atoms with Crippen LogP contribution in [0.1, 0.15) is 6.92 Å². The van der Waals surface area contributed by atoms with Crippen LogP contribution in [0.25, 0.3) is 33.3 Å². The number of fused-ring (bicyclic) bond motifs is 2. The van der Waals surface area contributed by atoms with Gasteiger partial charge in [-0.25, -0.2) is 15.0 Å². The van der Waals surface area contributed by atoms with Crippen LogP contribution in [-0.4, -0.2) is 44.6 Å². The minimum atomic E-state index is -4.48. The zero-order chi connectivity index (χ0) is 21.3. The summed E-state index contributed by atoms with van der Waals surface area (Å²) in [7, 11) is 0. The lowest BCUT2D eigenvalue weighted by atomic mass is 10.2. The van der Waals surface area contributed by atoms with E-state index in [0.717, 1.165) is 5.39 Å². The summed E-state index contributed by atoms with van der Waals surface area (Å²) >= 11 is 0. The van der Waals surface area contributed by atoms with Gasteiger partial charge in [0.15, 0.2) is 5.82 Å². The van der Waals surface area contributed by atoms with E-state index in [4.69, 9.17) is 0 Å². The number of nitrogens with zero attached hydrogens (tertiary/aromatic N) is 3. The Morgan fingerprint density at radius 2 is 2.03 bits per heavy atom. The van der Waals surface area contributed by atoms with Crippen molar-refractivity contribution in [2.24, 2.45) is 0 Å². The van der Waals surface area contributed by atoms with E-state index in [1.807, 2.05) is 11.4 Å². The van der Waals surface area contributed by atoms with E-state index < -0.39 is 24.7 Å². The number of para-hydroxylation sites is 1. The molecule has 8 nitrogen and oxygen atoms in total. The minimum Gasteiger partial charge on any atom is -0.358 e. The predicted octanol–water partition coefficient (Wildman–Crippen LogP) is 2.47. The molecule has 0 aliphatic carbocycles. The molecule has 0 aliphatic heterocycles. The maximum Gasteiger partial charge on any atom is 0.405 e. The second-order valence-corrected chi connectivity index (χ2v) is 6.65. The SMILES string of the molecule is C[C@@H](Nc1nc(-c2c[nH]c3nc[nH+]cc23)nc2ccccc12)C(=O)NCC(F)(F)F. The van der Waals surface area contributed by atoms with Crippen molar-refractivity contribution in [1.29, 1.82) is 0 Å². The molecule has 0 spiro atoms. The predicted molar refractivity (Wildman–Crippen MR) is 103 cm³/mol. The van der Waals surface area contributed by atoms with Crippen LogP contribution in [-0.2, 0) is 4.79 Å². The molecule has 0 unspecified atom stereocenters. The van der Waals surface area contributed by atoms with Crippen LogP contribution in [0.5, 0.6) is 0 Å². The van der Waals surface area contributed by atoms with Crippen LogP contribution in [0.3, 0.4) is 0 Å². The number of aromatic nitrogens is 5. The van der Waals surface area contributed by atoms with Gasteiger partial charge in [-0.2, -0.15) is 13.2 Å². The summed E-state index contributed by atoms with van der Waals surface area (Å²) in [5.74, 6) is -0.0679. The van der Waals surface area contributed by atoms with E-state index in [9.17, 15) is 18.0 Å². The summed E-state index contributed by atoms with van der Waals surface area (Å²) in [4.78, 5) is 31.4. The largest absolute Gasteiger partial charge is 0.405 e. The first-order chi connectivity index (χ1) is 14.3. The fourth-order valence-electron chi connectivity index (χ4n) is 3.00. The molecular formula is C19H17F3N7O+. The Morgan fingerprint density at radius 3 is 2.83 bits per heavy atom. The van der Waals surface area contributed by atoms with Crippen molar-refractivity contribution in [3.8, 4) is 11.4 Å². The van der Waals surface area contributed by atoms with E-state index in [2.05, 4.69) is 30.2 Å². The molecule has 0 aliphatic rings. The molecule has 11 heteroatoms. The summed E-state index contributed by atoms with van der Waals surface area (Å²) in [6.45, 7) is 0.0688. The van der Waals surface area contributed by atoms with Crippen molar-refractivity contribution >= 4 is 33.7 Å². The normalized spacial score (nSPS) is 12.8. The van der Waals surface area contributed by atoms with E-state index >= 15 is 0 Å². The minimum absolute atomic E-state index is 0.340. The summed E-state index contributed by atoms with van der Waals surface area (Å²) in [6, 6.07) is 6.21. The van der Waals surface area contributed by atoms with Crippen LogP contribution in [0, 0.1) is 0 Å². The van der Waals surface area contributed by atoms with Gasteiger partial charge in [-0.05, 0) is 24.0 Å². The summed E-state index contributed by atoms with van der Waals surface area (Å²) in [6.07, 6.45) is 0.536. The van der Waals surface area contributed by atoms with Gasteiger partial charge in [-0.15, -0.1) is 0 Å². The fraction of sp³-hybridized carbons (Fsp3) is 0.211. The molecule has 3 aromatic heterocycles. The Labute approximate surface area is 168 Å². The van der Waals surface area contributed by atoms with E-state index in [1.165, 1.54) is 13.3 Å². The number of H-pyrrole nitrogens is 2. The summed E-state index contributed by atoms with van der Waals surface area (Å²) in [5, 5.41) is 6.19. The van der Waals surface area contributed by atoms with Gasteiger partial charge in [0.05, 0.1) is 16.5 Å². The molecule has 1 atom stereocenters. The summed E-state index contributed by atoms with van der Waals surface area (Å²) in [5.41, 5.74) is 1.96. The Kier molecular flexibility index (Phi) is 4.94. The maximum absolute atomic E-state index is 12.4. The van der Waals surface area contributed by atoms with Crippen LogP contribution in [0.2, 0.25) is 0 Å². The van der Waals surface area contributed by atoms with Crippen LogP contribution < -0.4 is 15.6 Å². The zero-order valence-electron chi connectivity index (χ0n) is 15.7. The highest BCUT2D eigenvalue weighted by Crippen LogP contribution is 2.28. The first-order valence-corrected chi connectivity index (χ1v) is 9.03. The number of anilines is 1. The number of halogens is 3. The number of carbonyl (C=O) groups excluding carboxylic acids is 1. The molecule has 1 amide bonds. The Hall–Kier alpha value is -3.76. The topological polar surface area (TPSA) is 110 Å². The fourth-order valence-corrected chi connectivity index (χ4v) is 3.00. The van der Waals surface area contributed by atoms with Crippen molar-refractivity contribution in [2.75, 3.05) is 11.9 Å². The Balaban J connectivity index is 1.70. The highest BCUT2D eigenvalue weighted by Gasteiger charge is 2.29. The quantitative estimate of drug-likeness (QED) is 0.463. The molecule has 0 saturated carbocycles. The van der Waals surface area contributed by atoms with Gasteiger partial charge in [0.2, 0.25) is 5.91 Å². The van der Waals surface area contributed by atoms with Gasteiger partial charge in [-0.3, -0.25) is 4.79 Å². The second-order valence-electron chi connectivity index (χ2n) is 6.65. The number of nitrogens with one attached hydrogen (secondary N) is 4. The third-order valence-corrected chi connectivity index (χ3v) is 4.45. The van der Waals surface area contributed by atoms with Gasteiger partial charge in [0.25, 0.3) is 12.0 Å². The standard InChI is InChI=1S/C19H16F3N7O/c1-10(18(30)25-8-19(20,21)22)27-16-11-4-2-3-5-14(11)28-17(29-16)13-7-24-15-12(13)6-23-9-26-15/h2-7,9-10H,8H2,1H3,(H,25,30)(H,23,24,26)(H,27,28,29)/p+1/t10-/m1/s1. The van der Waals surface area contributed by atoms with Crippen LogP contribution >= 0.6 is 0 Å². The molecular weight excluding hydrogens is 399 g/mol. The van der Waals surface area contributed by atoms with E-state index in [0.29, 0.717) is 33.8 Å². The first-order valence-electron chi connectivity index (χ1n) is 9.03. The van der Waals surface area contributed by atoms with E-state index in [-0.39, 0.29) is 0 Å². The molecule has 4 rings (SSSR count). The summed E-state index contributed by atoms with van der Waals surface area (Å²) < 4.78 is 37.2. The second kappa shape index (κ2) is 7.58. The molecule has 0 radical (unpaired) electrons. The Morgan fingerprint density at radius 1 is 1.23 bits per heavy atom. The number of hydrogen-bond donors (Lipinski definition) is 3. The van der Waals surface area contributed by atoms with Gasteiger partial charge in [0.1, 0.15) is 24.6 Å². The highest BCUT2D eigenvalue weighted by atomic mass is 19.4. The molecule has 4 N–H and O–H groups in total. The number of benzene rings is 1. The van der Waals surface area contributed by atoms with Gasteiger partial charge in [-0.1, -0.05) is 12.1 Å². The molecule has 154 valence electrons. The number of rotatable bonds is 5. The van der Waals surface area contributed by atoms with Gasteiger partial charge >= 0.3 is 6.18 Å². The molecule has 0 bridgehead atoms.